The number of halogens is 2. The summed E-state index contributed by atoms with van der Waals surface area (Å²) in [4.78, 5) is 5.39. The maximum atomic E-state index is 13.4. The second-order valence-electron chi connectivity index (χ2n) is 4.80. The van der Waals surface area contributed by atoms with Crippen molar-refractivity contribution in [3.05, 3.63) is 52.4 Å². The number of hydrogen-bond donors (Lipinski definition) is 1. The highest BCUT2D eigenvalue weighted by molar-refractivity contribution is 9.10. The summed E-state index contributed by atoms with van der Waals surface area (Å²) in [6.07, 6.45) is 4.21. The average Bonchev–Trinajstić information content (AvgIpc) is 3.25. The third kappa shape index (κ3) is 3.59. The Morgan fingerprint density at radius 2 is 2.20 bits per heavy atom. The van der Waals surface area contributed by atoms with Crippen LogP contribution >= 0.6 is 27.7 Å². The molecule has 2 aromatic rings. The van der Waals surface area contributed by atoms with E-state index in [1.165, 1.54) is 18.9 Å². The molecule has 0 saturated heterocycles. The Kier molecular flexibility index (Phi) is 4.38. The second-order valence-corrected chi connectivity index (χ2v) is 6.68. The molecule has 0 aliphatic heterocycles. The highest BCUT2D eigenvalue weighted by Gasteiger charge is 2.20. The molecule has 104 valence electrons. The van der Waals surface area contributed by atoms with Crippen molar-refractivity contribution in [2.45, 2.75) is 35.3 Å². The third-order valence-corrected chi connectivity index (χ3v) is 5.15. The van der Waals surface area contributed by atoms with Crippen molar-refractivity contribution in [1.29, 1.82) is 0 Å². The van der Waals surface area contributed by atoms with Gasteiger partial charge in [0.15, 0.2) is 0 Å². The molecule has 1 saturated carbocycles. The summed E-state index contributed by atoms with van der Waals surface area (Å²) in [5.74, 6) is -0.193. The highest BCUT2D eigenvalue weighted by Crippen LogP contribution is 2.34. The van der Waals surface area contributed by atoms with Crippen LogP contribution in [-0.4, -0.2) is 11.0 Å². The van der Waals surface area contributed by atoms with Crippen LogP contribution in [0.4, 0.5) is 4.39 Å². The van der Waals surface area contributed by atoms with Gasteiger partial charge < -0.3 is 5.32 Å². The molecule has 1 aromatic carbocycles. The largest absolute Gasteiger partial charge is 0.310 e. The number of aromatic nitrogens is 1. The van der Waals surface area contributed by atoms with E-state index in [4.69, 9.17) is 0 Å². The van der Waals surface area contributed by atoms with Crippen molar-refractivity contribution in [2.75, 3.05) is 0 Å². The number of pyridine rings is 1. The van der Waals surface area contributed by atoms with Gasteiger partial charge in [0, 0.05) is 23.7 Å². The van der Waals surface area contributed by atoms with Gasteiger partial charge >= 0.3 is 0 Å². The van der Waals surface area contributed by atoms with Gasteiger partial charge in [0.2, 0.25) is 0 Å². The SMILES string of the molecule is Fc1ccc(Sc2ncccc2Br)c(CNC2CC2)c1. The zero-order valence-corrected chi connectivity index (χ0v) is 13.2. The zero-order chi connectivity index (χ0) is 13.9. The molecule has 0 radical (unpaired) electrons. The molecule has 0 atom stereocenters. The van der Waals surface area contributed by atoms with Gasteiger partial charge in [0.05, 0.1) is 4.47 Å². The average molecular weight is 353 g/mol. The van der Waals surface area contributed by atoms with Crippen LogP contribution in [0.2, 0.25) is 0 Å². The van der Waals surface area contributed by atoms with Crippen molar-refractivity contribution in [3.63, 3.8) is 0 Å². The monoisotopic (exact) mass is 352 g/mol. The Balaban J connectivity index is 1.82. The molecule has 20 heavy (non-hydrogen) atoms. The molecule has 2 nitrogen and oxygen atoms in total. The van der Waals surface area contributed by atoms with E-state index in [2.05, 4.69) is 26.2 Å². The molecule has 1 N–H and O–H groups in total. The molecule has 0 bridgehead atoms. The highest BCUT2D eigenvalue weighted by atomic mass is 79.9. The van der Waals surface area contributed by atoms with Gasteiger partial charge in [-0.05, 0) is 64.7 Å². The number of benzene rings is 1. The van der Waals surface area contributed by atoms with Crippen LogP contribution < -0.4 is 5.32 Å². The number of rotatable bonds is 5. The second kappa shape index (κ2) is 6.24. The predicted molar refractivity (Wildman–Crippen MR) is 82.3 cm³/mol. The van der Waals surface area contributed by atoms with Crippen molar-refractivity contribution >= 4 is 27.7 Å². The molecule has 1 aliphatic rings. The molecule has 1 aromatic heterocycles. The lowest BCUT2D eigenvalue weighted by molar-refractivity contribution is 0.616. The smallest absolute Gasteiger partial charge is 0.123 e. The van der Waals surface area contributed by atoms with E-state index in [1.54, 1.807) is 24.0 Å². The lowest BCUT2D eigenvalue weighted by Gasteiger charge is -2.10. The molecule has 1 heterocycles. The van der Waals surface area contributed by atoms with Crippen molar-refractivity contribution in [2.24, 2.45) is 0 Å². The first-order chi connectivity index (χ1) is 9.72. The Hall–Kier alpha value is -0.910. The minimum absolute atomic E-state index is 0.193. The van der Waals surface area contributed by atoms with Crippen LogP contribution in [0.15, 0.2) is 50.9 Å². The summed E-state index contributed by atoms with van der Waals surface area (Å²) in [5, 5.41) is 4.32. The molecule has 0 spiro atoms. The van der Waals surface area contributed by atoms with E-state index in [0.717, 1.165) is 20.0 Å². The minimum atomic E-state index is -0.193. The van der Waals surface area contributed by atoms with Gasteiger partial charge in [0.25, 0.3) is 0 Å². The Morgan fingerprint density at radius 3 is 2.95 bits per heavy atom. The maximum Gasteiger partial charge on any atom is 0.123 e. The Labute approximate surface area is 130 Å². The van der Waals surface area contributed by atoms with Crippen LogP contribution in [0.25, 0.3) is 0 Å². The summed E-state index contributed by atoms with van der Waals surface area (Å²) < 4.78 is 14.4. The molecule has 0 amide bonds. The summed E-state index contributed by atoms with van der Waals surface area (Å²) >= 11 is 5.05. The van der Waals surface area contributed by atoms with Gasteiger partial charge in [0.1, 0.15) is 10.8 Å². The molecule has 1 fully saturated rings. The van der Waals surface area contributed by atoms with Crippen LogP contribution in [0.3, 0.4) is 0 Å². The fourth-order valence-electron chi connectivity index (χ4n) is 1.88. The van der Waals surface area contributed by atoms with Crippen LogP contribution in [0.1, 0.15) is 18.4 Å². The fourth-order valence-corrected chi connectivity index (χ4v) is 3.26. The molecule has 0 unspecified atom stereocenters. The van der Waals surface area contributed by atoms with Gasteiger partial charge in [-0.25, -0.2) is 9.37 Å². The topological polar surface area (TPSA) is 24.9 Å². The first-order valence-electron chi connectivity index (χ1n) is 6.52. The van der Waals surface area contributed by atoms with Crippen LogP contribution in [0.5, 0.6) is 0 Å². The van der Waals surface area contributed by atoms with Gasteiger partial charge in [-0.2, -0.15) is 0 Å². The number of nitrogens with zero attached hydrogens (tertiary/aromatic N) is 1. The van der Waals surface area contributed by atoms with E-state index < -0.39 is 0 Å². The van der Waals surface area contributed by atoms with E-state index >= 15 is 0 Å². The zero-order valence-electron chi connectivity index (χ0n) is 10.8. The standard InChI is InChI=1S/C15H14BrFN2S/c16-13-2-1-7-18-15(13)20-14-6-3-11(17)8-10(14)9-19-12-4-5-12/h1-3,6-8,12,19H,4-5,9H2. The fraction of sp³-hybridized carbons (Fsp3) is 0.267. The quantitative estimate of drug-likeness (QED) is 0.863. The van der Waals surface area contributed by atoms with E-state index in [1.807, 2.05) is 18.2 Å². The molecular weight excluding hydrogens is 339 g/mol. The molecular formula is C15H14BrFN2S. The maximum absolute atomic E-state index is 13.4. The van der Waals surface area contributed by atoms with Crippen LogP contribution in [0, 0.1) is 5.82 Å². The van der Waals surface area contributed by atoms with E-state index in [9.17, 15) is 4.39 Å². The summed E-state index contributed by atoms with van der Waals surface area (Å²) in [7, 11) is 0. The van der Waals surface area contributed by atoms with E-state index in [-0.39, 0.29) is 5.82 Å². The summed E-state index contributed by atoms with van der Waals surface area (Å²) in [5.41, 5.74) is 0.986. The van der Waals surface area contributed by atoms with Crippen molar-refractivity contribution in [1.82, 2.24) is 10.3 Å². The first kappa shape index (κ1) is 14.0. The Morgan fingerprint density at radius 1 is 1.35 bits per heavy atom. The lowest BCUT2D eigenvalue weighted by Crippen LogP contribution is -2.16. The van der Waals surface area contributed by atoms with Crippen molar-refractivity contribution < 1.29 is 4.39 Å². The van der Waals surface area contributed by atoms with Gasteiger partial charge in [-0.1, -0.05) is 11.8 Å². The van der Waals surface area contributed by atoms with Gasteiger partial charge in [-0.15, -0.1) is 0 Å². The summed E-state index contributed by atoms with van der Waals surface area (Å²) in [6, 6.07) is 9.38. The van der Waals surface area contributed by atoms with E-state index in [0.29, 0.717) is 12.6 Å². The number of hydrogen-bond acceptors (Lipinski definition) is 3. The van der Waals surface area contributed by atoms with Gasteiger partial charge in [-0.3, -0.25) is 0 Å². The molecule has 1 aliphatic carbocycles. The number of nitrogens with one attached hydrogen (secondary N) is 1. The van der Waals surface area contributed by atoms with Crippen molar-refractivity contribution in [3.8, 4) is 0 Å². The lowest BCUT2D eigenvalue weighted by atomic mass is 10.2. The minimum Gasteiger partial charge on any atom is -0.310 e. The first-order valence-corrected chi connectivity index (χ1v) is 8.13. The molecule has 3 rings (SSSR count). The normalized spacial score (nSPS) is 14.5. The van der Waals surface area contributed by atoms with Crippen LogP contribution in [-0.2, 0) is 6.54 Å². The third-order valence-electron chi connectivity index (χ3n) is 3.11. The summed E-state index contributed by atoms with van der Waals surface area (Å²) in [6.45, 7) is 0.704. The molecule has 5 heteroatoms. The predicted octanol–water partition coefficient (Wildman–Crippen LogP) is 4.39. The Bertz CT molecular complexity index is 617.